The summed E-state index contributed by atoms with van der Waals surface area (Å²) in [5.41, 5.74) is 5.17. The molecule has 0 bridgehead atoms. The molecule has 4 aromatic rings. The van der Waals surface area contributed by atoms with Crippen LogP contribution in [-0.4, -0.2) is 17.9 Å². The van der Waals surface area contributed by atoms with E-state index in [9.17, 15) is 22.4 Å². The minimum Gasteiger partial charge on any atom is -0.494 e. The molecule has 0 radical (unpaired) electrons. The molecule has 0 spiro atoms. The van der Waals surface area contributed by atoms with Crippen molar-refractivity contribution in [2.45, 2.75) is 6.18 Å². The molecule has 10 heteroatoms. The van der Waals surface area contributed by atoms with Crippen LogP contribution in [0.5, 0.6) is 5.75 Å². The van der Waals surface area contributed by atoms with Crippen LogP contribution in [0.4, 0.5) is 23.2 Å². The third-order valence-corrected chi connectivity index (χ3v) is 6.39. The van der Waals surface area contributed by atoms with Crippen LogP contribution in [0.3, 0.4) is 0 Å². The predicted octanol–water partition coefficient (Wildman–Crippen LogP) is 6.71. The van der Waals surface area contributed by atoms with Gasteiger partial charge >= 0.3 is 6.18 Å². The predicted molar refractivity (Wildman–Crippen MR) is 119 cm³/mol. The van der Waals surface area contributed by atoms with E-state index in [2.05, 4.69) is 20.9 Å². The Kier molecular flexibility index (Phi) is 5.68. The number of aromatic nitrogens is 1. The Morgan fingerprint density at radius 3 is 2.41 bits per heavy atom. The normalized spacial score (nSPS) is 11.7. The first kappa shape index (κ1) is 22.2. The van der Waals surface area contributed by atoms with Gasteiger partial charge in [-0.15, -0.1) is 11.3 Å². The molecular formula is C22H13BrF4N2O2S. The highest BCUT2D eigenvalue weighted by atomic mass is 79.9. The van der Waals surface area contributed by atoms with Crippen LogP contribution in [0.2, 0.25) is 0 Å². The number of alkyl halides is 3. The number of thiophene rings is 1. The molecule has 0 amide bonds. The molecule has 2 aromatic carbocycles. The molecule has 0 aliphatic rings. The second-order valence-electron chi connectivity index (χ2n) is 6.76. The molecule has 0 fully saturated rings. The number of pyridine rings is 1. The largest absolute Gasteiger partial charge is 0.494 e. The summed E-state index contributed by atoms with van der Waals surface area (Å²) >= 11 is 4.02. The first-order valence-corrected chi connectivity index (χ1v) is 10.7. The number of hydrogen-bond acceptors (Lipinski definition) is 5. The average Bonchev–Trinajstić information content (AvgIpc) is 3.08. The van der Waals surface area contributed by atoms with E-state index in [0.29, 0.717) is 5.56 Å². The van der Waals surface area contributed by atoms with Crippen molar-refractivity contribution < 1.29 is 27.1 Å². The Morgan fingerprint density at radius 2 is 1.81 bits per heavy atom. The van der Waals surface area contributed by atoms with Crippen molar-refractivity contribution in [3.8, 4) is 17.0 Å². The number of rotatable bonds is 4. The minimum absolute atomic E-state index is 0.0347. The van der Waals surface area contributed by atoms with Gasteiger partial charge in [0.1, 0.15) is 9.71 Å². The van der Waals surface area contributed by atoms with Crippen molar-refractivity contribution in [2.24, 2.45) is 0 Å². The zero-order chi connectivity index (χ0) is 23.2. The molecule has 164 valence electrons. The zero-order valence-electron chi connectivity index (χ0n) is 16.3. The van der Waals surface area contributed by atoms with E-state index >= 15 is 0 Å². The molecule has 0 saturated carbocycles. The number of ether oxygens (including phenoxy) is 1. The summed E-state index contributed by atoms with van der Waals surface area (Å²) in [4.78, 5) is 17.1. The number of ketones is 1. The summed E-state index contributed by atoms with van der Waals surface area (Å²) in [7, 11) is 1.28. The van der Waals surface area contributed by atoms with Crippen molar-refractivity contribution >= 4 is 49.0 Å². The number of nitrogens with zero attached hydrogens (tertiary/aromatic N) is 1. The molecule has 0 unspecified atom stereocenters. The number of anilines is 1. The topological polar surface area (TPSA) is 65.2 Å². The fourth-order valence-electron chi connectivity index (χ4n) is 3.22. The summed E-state index contributed by atoms with van der Waals surface area (Å²) in [6.07, 6.45) is -4.73. The summed E-state index contributed by atoms with van der Waals surface area (Å²) in [5, 5.41) is -0.347. The zero-order valence-corrected chi connectivity index (χ0v) is 18.7. The fourth-order valence-corrected chi connectivity index (χ4v) is 4.57. The van der Waals surface area contributed by atoms with Crippen molar-refractivity contribution in [2.75, 3.05) is 12.8 Å². The first-order chi connectivity index (χ1) is 15.1. The van der Waals surface area contributed by atoms with E-state index in [1.807, 2.05) is 0 Å². The molecule has 0 aliphatic heterocycles. The molecule has 2 N–H and O–H groups in total. The van der Waals surface area contributed by atoms with Gasteiger partial charge in [-0.3, -0.25) is 4.79 Å². The molecule has 32 heavy (non-hydrogen) atoms. The number of hydrogen-bond donors (Lipinski definition) is 1. The molecule has 0 aliphatic carbocycles. The van der Waals surface area contributed by atoms with E-state index in [1.54, 1.807) is 24.3 Å². The lowest BCUT2D eigenvalue weighted by atomic mass is 10.0. The Balaban J connectivity index is 1.91. The van der Waals surface area contributed by atoms with Gasteiger partial charge in [0.15, 0.2) is 11.6 Å². The molecule has 0 atom stereocenters. The van der Waals surface area contributed by atoms with Crippen molar-refractivity contribution in [1.82, 2.24) is 4.98 Å². The average molecular weight is 525 g/mol. The van der Waals surface area contributed by atoms with Crippen molar-refractivity contribution in [1.29, 1.82) is 0 Å². The number of halogens is 5. The molecular weight excluding hydrogens is 512 g/mol. The molecule has 4 rings (SSSR count). The van der Waals surface area contributed by atoms with Gasteiger partial charge in [0.2, 0.25) is 5.78 Å². The highest BCUT2D eigenvalue weighted by molar-refractivity contribution is 9.10. The standard InChI is InChI=1S/C22H13BrF4N2O2S/c1-31-16-7-4-11(8-14(16)24)19(30)20-18(28)17-13(22(25,26)27)9-15(29-21(17)32-20)10-2-5-12(23)6-3-10/h2-9H,28H2,1H3. The Hall–Kier alpha value is -2.98. The number of carbonyl (C=O) groups excluding carboxylic acids is 1. The van der Waals surface area contributed by atoms with Gasteiger partial charge in [0.05, 0.1) is 24.1 Å². The number of fused-ring (bicyclic) bond motifs is 1. The van der Waals surface area contributed by atoms with E-state index in [1.165, 1.54) is 19.2 Å². The Bertz CT molecular complexity index is 1350. The lowest BCUT2D eigenvalue weighted by Crippen LogP contribution is -2.08. The van der Waals surface area contributed by atoms with Crippen LogP contribution < -0.4 is 10.5 Å². The summed E-state index contributed by atoms with van der Waals surface area (Å²) in [6, 6.07) is 11.1. The van der Waals surface area contributed by atoms with Crippen molar-refractivity contribution in [3.63, 3.8) is 0 Å². The third kappa shape index (κ3) is 3.95. The van der Waals surface area contributed by atoms with E-state index in [-0.39, 0.29) is 37.8 Å². The second kappa shape index (κ2) is 8.18. The van der Waals surface area contributed by atoms with Gasteiger partial charge in [0, 0.05) is 21.0 Å². The summed E-state index contributed by atoms with van der Waals surface area (Å²) in [6.45, 7) is 0. The highest BCUT2D eigenvalue weighted by Crippen LogP contribution is 2.44. The summed E-state index contributed by atoms with van der Waals surface area (Å²) < 4.78 is 61.3. The maximum absolute atomic E-state index is 14.1. The van der Waals surface area contributed by atoms with Gasteiger partial charge in [0.25, 0.3) is 0 Å². The number of nitrogen functional groups attached to an aromatic ring is 1. The van der Waals surface area contributed by atoms with Crippen LogP contribution >= 0.6 is 27.3 Å². The van der Waals surface area contributed by atoms with E-state index < -0.39 is 23.3 Å². The molecule has 2 aromatic heterocycles. The van der Waals surface area contributed by atoms with Crippen LogP contribution in [0.1, 0.15) is 20.8 Å². The molecule has 4 nitrogen and oxygen atoms in total. The lowest BCUT2D eigenvalue weighted by molar-refractivity contribution is -0.136. The van der Waals surface area contributed by atoms with Gasteiger partial charge < -0.3 is 10.5 Å². The maximum atomic E-state index is 14.1. The van der Waals surface area contributed by atoms with Gasteiger partial charge in [-0.25, -0.2) is 9.37 Å². The minimum atomic E-state index is -4.73. The number of benzene rings is 2. The first-order valence-electron chi connectivity index (χ1n) is 9.04. The quantitative estimate of drug-likeness (QED) is 0.238. The smallest absolute Gasteiger partial charge is 0.417 e. The number of nitrogens with two attached hydrogens (primary N) is 1. The fraction of sp³-hybridized carbons (Fsp3) is 0.0909. The maximum Gasteiger partial charge on any atom is 0.417 e. The van der Waals surface area contributed by atoms with Crippen LogP contribution in [0, 0.1) is 5.82 Å². The van der Waals surface area contributed by atoms with E-state index in [0.717, 1.165) is 27.9 Å². The second-order valence-corrected chi connectivity index (χ2v) is 8.68. The van der Waals surface area contributed by atoms with Gasteiger partial charge in [-0.05, 0) is 36.4 Å². The highest BCUT2D eigenvalue weighted by Gasteiger charge is 2.36. The Morgan fingerprint density at radius 1 is 1.12 bits per heavy atom. The lowest BCUT2D eigenvalue weighted by Gasteiger charge is -2.11. The van der Waals surface area contributed by atoms with Crippen LogP contribution in [0.25, 0.3) is 21.5 Å². The third-order valence-electron chi connectivity index (χ3n) is 4.76. The molecule has 0 saturated heterocycles. The number of carbonyl (C=O) groups is 1. The SMILES string of the molecule is COc1ccc(C(=O)c2sc3nc(-c4ccc(Br)cc4)cc(C(F)(F)F)c3c2N)cc1F. The Labute approximate surface area is 191 Å². The van der Waals surface area contributed by atoms with Gasteiger partial charge in [-0.1, -0.05) is 28.1 Å². The van der Waals surface area contributed by atoms with Crippen LogP contribution in [0.15, 0.2) is 53.0 Å². The molecule has 2 heterocycles. The number of methoxy groups -OCH3 is 1. The van der Waals surface area contributed by atoms with Crippen molar-refractivity contribution in [3.05, 3.63) is 74.8 Å². The monoisotopic (exact) mass is 524 g/mol. The van der Waals surface area contributed by atoms with Crippen LogP contribution in [-0.2, 0) is 6.18 Å². The van der Waals surface area contributed by atoms with Gasteiger partial charge in [-0.2, -0.15) is 13.2 Å². The summed E-state index contributed by atoms with van der Waals surface area (Å²) in [5.74, 6) is -1.54. The van der Waals surface area contributed by atoms with E-state index in [4.69, 9.17) is 10.5 Å².